The molecule has 2 fully saturated rings. The fourth-order valence-electron chi connectivity index (χ4n) is 2.78. The number of fused-ring (bicyclic) bond motifs is 2. The van der Waals surface area contributed by atoms with E-state index >= 15 is 0 Å². The lowest BCUT2D eigenvalue weighted by molar-refractivity contribution is -0.108. The van der Waals surface area contributed by atoms with Crippen LogP contribution < -0.4 is 0 Å². The molecule has 0 spiro atoms. The Hall–Kier alpha value is -0.0200. The molecular weight excluding hydrogens is 184 g/mol. The Bertz CT molecular complexity index is 195. The number of carbonyl (C=O) groups is 1. The van der Waals surface area contributed by atoms with Gasteiger partial charge in [0.05, 0.1) is 0 Å². The molecule has 0 aromatic carbocycles. The number of hydrogen-bond donors (Lipinski definition) is 1. The molecule has 74 valence electrons. The van der Waals surface area contributed by atoms with E-state index in [2.05, 4.69) is 0 Å². The molecule has 2 nitrogen and oxygen atoms in total. The van der Waals surface area contributed by atoms with Gasteiger partial charge in [-0.1, -0.05) is 0 Å². The van der Waals surface area contributed by atoms with Gasteiger partial charge in [0.2, 0.25) is 0 Å². The third-order valence-corrected chi connectivity index (χ3v) is 5.29. The maximum atomic E-state index is 10.3. The molecule has 0 aliphatic carbocycles. The highest BCUT2D eigenvalue weighted by atomic mass is 32.2. The lowest BCUT2D eigenvalue weighted by Gasteiger charge is -2.27. The lowest BCUT2D eigenvalue weighted by atomic mass is 9.77. The zero-order valence-electron chi connectivity index (χ0n) is 7.69. The summed E-state index contributed by atoms with van der Waals surface area (Å²) >= 11 is 2.05. The molecule has 4 atom stereocenters. The Labute approximate surface area is 83.1 Å². The minimum atomic E-state index is 0.317. The van der Waals surface area contributed by atoms with Gasteiger partial charge in [0.1, 0.15) is 6.29 Å². The fraction of sp³-hybridized carbons (Fsp3) is 0.900. The van der Waals surface area contributed by atoms with Crippen molar-refractivity contribution in [1.29, 1.82) is 0 Å². The van der Waals surface area contributed by atoms with Crippen molar-refractivity contribution in [3.05, 3.63) is 0 Å². The molecule has 0 unspecified atom stereocenters. The molecule has 2 heterocycles. The summed E-state index contributed by atoms with van der Waals surface area (Å²) in [6.45, 7) is 0.317. The summed E-state index contributed by atoms with van der Waals surface area (Å²) in [6, 6.07) is 0. The third kappa shape index (κ3) is 1.64. The van der Waals surface area contributed by atoms with Crippen LogP contribution in [0, 0.1) is 11.8 Å². The van der Waals surface area contributed by atoms with Gasteiger partial charge in [0.15, 0.2) is 0 Å². The molecule has 2 aliphatic rings. The Morgan fingerprint density at radius 1 is 1.31 bits per heavy atom. The van der Waals surface area contributed by atoms with Crippen LogP contribution in [0.15, 0.2) is 0 Å². The van der Waals surface area contributed by atoms with Gasteiger partial charge in [-0.25, -0.2) is 0 Å². The van der Waals surface area contributed by atoms with E-state index in [0.29, 0.717) is 30.1 Å². The van der Waals surface area contributed by atoms with Crippen molar-refractivity contribution in [2.45, 2.75) is 36.2 Å². The first-order valence-electron chi connectivity index (χ1n) is 5.06. The molecule has 0 aromatic heterocycles. The average molecular weight is 200 g/mol. The monoisotopic (exact) mass is 200 g/mol. The zero-order chi connectivity index (χ0) is 9.26. The van der Waals surface area contributed by atoms with Crippen LogP contribution in [0.25, 0.3) is 0 Å². The van der Waals surface area contributed by atoms with Crippen molar-refractivity contribution in [2.75, 3.05) is 6.61 Å². The highest BCUT2D eigenvalue weighted by Crippen LogP contribution is 2.54. The van der Waals surface area contributed by atoms with E-state index in [-0.39, 0.29) is 0 Å². The second-order valence-corrected chi connectivity index (χ2v) is 5.53. The first-order valence-corrected chi connectivity index (χ1v) is 6.01. The smallest absolute Gasteiger partial charge is 0.120 e. The number of aldehydes is 1. The van der Waals surface area contributed by atoms with Crippen molar-refractivity contribution in [3.8, 4) is 0 Å². The molecule has 2 rings (SSSR count). The van der Waals surface area contributed by atoms with Crippen LogP contribution in [0.4, 0.5) is 0 Å². The molecule has 2 aliphatic heterocycles. The van der Waals surface area contributed by atoms with Crippen LogP contribution in [0.3, 0.4) is 0 Å². The molecule has 3 heteroatoms. The van der Waals surface area contributed by atoms with E-state index in [4.69, 9.17) is 0 Å². The lowest BCUT2D eigenvalue weighted by Crippen LogP contribution is -2.29. The maximum absolute atomic E-state index is 10.3. The minimum absolute atomic E-state index is 0.317. The summed E-state index contributed by atoms with van der Waals surface area (Å²) in [5.74, 6) is 1.09. The number of aliphatic hydroxyl groups excluding tert-OH is 1. The molecular formula is C10H16O2S. The Morgan fingerprint density at radius 3 is 2.62 bits per heavy atom. The van der Waals surface area contributed by atoms with Gasteiger partial charge in [-0.2, -0.15) is 11.8 Å². The van der Waals surface area contributed by atoms with Crippen molar-refractivity contribution < 1.29 is 9.90 Å². The number of thioether (sulfide) groups is 1. The SMILES string of the molecule is O=CCC[C@@H]1[C@H](CO)[C@@H]2CC[C@H]1S2. The van der Waals surface area contributed by atoms with Crippen LogP contribution in [0.2, 0.25) is 0 Å². The summed E-state index contributed by atoms with van der Waals surface area (Å²) in [4.78, 5) is 10.3. The molecule has 0 aromatic rings. The molecule has 0 saturated carbocycles. The highest BCUT2D eigenvalue weighted by Gasteiger charge is 2.47. The standard InChI is InChI=1S/C10H16O2S/c11-5-1-2-7-8(6-12)10-4-3-9(7)13-10/h5,7-10,12H,1-4,6H2/t7-,8+,9-,10+/m1/s1. The largest absolute Gasteiger partial charge is 0.396 e. The van der Waals surface area contributed by atoms with E-state index in [1.54, 1.807) is 0 Å². The van der Waals surface area contributed by atoms with Crippen LogP contribution in [-0.4, -0.2) is 28.5 Å². The van der Waals surface area contributed by atoms with Gasteiger partial charge >= 0.3 is 0 Å². The molecule has 0 radical (unpaired) electrons. The molecule has 2 bridgehead atoms. The predicted octanol–water partition coefficient (Wildman–Crippen LogP) is 1.47. The topological polar surface area (TPSA) is 37.3 Å². The van der Waals surface area contributed by atoms with E-state index in [0.717, 1.165) is 18.0 Å². The summed E-state index contributed by atoms with van der Waals surface area (Å²) < 4.78 is 0. The first kappa shape index (κ1) is 9.53. The number of rotatable bonds is 4. The van der Waals surface area contributed by atoms with Crippen molar-refractivity contribution in [3.63, 3.8) is 0 Å². The predicted molar refractivity (Wildman–Crippen MR) is 53.8 cm³/mol. The summed E-state index contributed by atoms with van der Waals surface area (Å²) in [5, 5.41) is 10.7. The summed E-state index contributed by atoms with van der Waals surface area (Å²) in [7, 11) is 0. The maximum Gasteiger partial charge on any atom is 0.120 e. The van der Waals surface area contributed by atoms with Crippen LogP contribution >= 0.6 is 11.8 Å². The highest BCUT2D eigenvalue weighted by molar-refractivity contribution is 8.01. The fourth-order valence-corrected chi connectivity index (χ4v) is 4.81. The van der Waals surface area contributed by atoms with E-state index < -0.39 is 0 Å². The van der Waals surface area contributed by atoms with Crippen LogP contribution in [-0.2, 0) is 4.79 Å². The Balaban J connectivity index is 1.96. The minimum Gasteiger partial charge on any atom is -0.396 e. The molecule has 1 N–H and O–H groups in total. The zero-order valence-corrected chi connectivity index (χ0v) is 8.50. The van der Waals surface area contributed by atoms with E-state index in [1.807, 2.05) is 11.8 Å². The second-order valence-electron chi connectivity index (χ2n) is 4.04. The van der Waals surface area contributed by atoms with Gasteiger partial charge < -0.3 is 9.90 Å². The van der Waals surface area contributed by atoms with Crippen molar-refractivity contribution in [1.82, 2.24) is 0 Å². The third-order valence-electron chi connectivity index (χ3n) is 3.42. The Kier molecular flexibility index (Phi) is 2.94. The van der Waals surface area contributed by atoms with Gasteiger partial charge in [-0.15, -0.1) is 0 Å². The van der Waals surface area contributed by atoms with Crippen molar-refractivity contribution >= 4 is 18.0 Å². The van der Waals surface area contributed by atoms with E-state index in [9.17, 15) is 9.90 Å². The van der Waals surface area contributed by atoms with Crippen molar-refractivity contribution in [2.24, 2.45) is 11.8 Å². The van der Waals surface area contributed by atoms with Crippen LogP contribution in [0.1, 0.15) is 25.7 Å². The van der Waals surface area contributed by atoms with Gasteiger partial charge in [0, 0.05) is 23.5 Å². The van der Waals surface area contributed by atoms with Gasteiger partial charge in [0.25, 0.3) is 0 Å². The molecule has 2 saturated heterocycles. The summed E-state index contributed by atoms with van der Waals surface area (Å²) in [6.07, 6.45) is 5.24. The van der Waals surface area contributed by atoms with Crippen LogP contribution in [0.5, 0.6) is 0 Å². The first-order chi connectivity index (χ1) is 6.36. The number of hydrogen-bond acceptors (Lipinski definition) is 3. The Morgan fingerprint density at radius 2 is 2.00 bits per heavy atom. The molecule has 13 heavy (non-hydrogen) atoms. The quantitative estimate of drug-likeness (QED) is 0.698. The second kappa shape index (κ2) is 4.01. The summed E-state index contributed by atoms with van der Waals surface area (Å²) in [5.41, 5.74) is 0. The van der Waals surface area contributed by atoms with E-state index in [1.165, 1.54) is 12.8 Å². The number of aliphatic hydroxyl groups is 1. The van der Waals surface area contributed by atoms with Gasteiger partial charge in [-0.3, -0.25) is 0 Å². The normalized spacial score (nSPS) is 42.5. The van der Waals surface area contributed by atoms with Gasteiger partial charge in [-0.05, 0) is 31.1 Å². The average Bonchev–Trinajstić information content (AvgIpc) is 2.73. The molecule has 0 amide bonds. The number of carbonyl (C=O) groups excluding carboxylic acids is 1.